The van der Waals surface area contributed by atoms with Gasteiger partial charge in [0.1, 0.15) is 5.69 Å². The van der Waals surface area contributed by atoms with Crippen molar-refractivity contribution in [3.05, 3.63) is 35.7 Å². The lowest BCUT2D eigenvalue weighted by molar-refractivity contribution is -0.123. The third-order valence-corrected chi connectivity index (χ3v) is 3.88. The first-order valence-electron chi connectivity index (χ1n) is 7.54. The predicted octanol–water partition coefficient (Wildman–Crippen LogP) is 1.96. The molecule has 0 unspecified atom stereocenters. The van der Waals surface area contributed by atoms with Crippen molar-refractivity contribution in [2.24, 2.45) is 5.92 Å². The molecule has 0 aliphatic heterocycles. The Morgan fingerprint density at radius 3 is 2.83 bits per heavy atom. The summed E-state index contributed by atoms with van der Waals surface area (Å²) in [6, 6.07) is 5.04. The van der Waals surface area contributed by atoms with E-state index in [1.165, 1.54) is 6.26 Å². The van der Waals surface area contributed by atoms with Gasteiger partial charge in [-0.05, 0) is 38.0 Å². The molecule has 0 spiro atoms. The van der Waals surface area contributed by atoms with Crippen LogP contribution < -0.4 is 10.9 Å². The van der Waals surface area contributed by atoms with E-state index in [1.807, 2.05) is 0 Å². The van der Waals surface area contributed by atoms with E-state index in [-0.39, 0.29) is 17.5 Å². The average molecular weight is 326 g/mol. The molecule has 2 N–H and O–H groups in total. The highest BCUT2D eigenvalue weighted by molar-refractivity contribution is 6.07. The van der Waals surface area contributed by atoms with Gasteiger partial charge in [-0.2, -0.15) is 0 Å². The van der Waals surface area contributed by atoms with Crippen molar-refractivity contribution in [1.29, 1.82) is 0 Å². The quantitative estimate of drug-likeness (QED) is 0.712. The van der Waals surface area contributed by atoms with E-state index < -0.39 is 5.91 Å². The average Bonchev–Trinajstić information content (AvgIpc) is 3.16. The molecule has 0 aromatic carbocycles. The van der Waals surface area contributed by atoms with E-state index in [2.05, 4.69) is 21.0 Å². The van der Waals surface area contributed by atoms with E-state index in [1.54, 1.807) is 25.1 Å². The maximum absolute atomic E-state index is 12.5. The fraction of sp³-hybridized carbons (Fsp3) is 0.250. The third kappa shape index (κ3) is 2.51. The van der Waals surface area contributed by atoms with E-state index in [4.69, 9.17) is 8.94 Å². The van der Waals surface area contributed by atoms with E-state index >= 15 is 0 Å². The van der Waals surface area contributed by atoms with Gasteiger partial charge in [0, 0.05) is 5.92 Å². The minimum atomic E-state index is -0.462. The zero-order valence-corrected chi connectivity index (χ0v) is 12.8. The first-order valence-corrected chi connectivity index (χ1v) is 7.54. The van der Waals surface area contributed by atoms with E-state index in [0.717, 1.165) is 12.8 Å². The fourth-order valence-electron chi connectivity index (χ4n) is 2.46. The Morgan fingerprint density at radius 1 is 1.29 bits per heavy atom. The summed E-state index contributed by atoms with van der Waals surface area (Å²) in [6.07, 6.45) is 3.23. The number of aromatic nitrogens is 2. The van der Waals surface area contributed by atoms with Gasteiger partial charge >= 0.3 is 0 Å². The topological polar surface area (TPSA) is 110 Å². The van der Waals surface area contributed by atoms with Crippen LogP contribution in [0.15, 0.2) is 33.4 Å². The van der Waals surface area contributed by atoms with Crippen LogP contribution in [0.1, 0.15) is 28.9 Å². The molecule has 0 radical (unpaired) electrons. The minimum Gasteiger partial charge on any atom is -0.463 e. The summed E-state index contributed by atoms with van der Waals surface area (Å²) in [5, 5.41) is 4.36. The van der Waals surface area contributed by atoms with Crippen molar-refractivity contribution in [3.63, 3.8) is 0 Å². The van der Waals surface area contributed by atoms with Crippen molar-refractivity contribution in [1.82, 2.24) is 21.0 Å². The standard InChI is InChI=1S/C16H14N4O4/c1-8-13-10(15(22)19-18-14(21)9-4-5-9)7-11(12-3-2-6-23-12)17-16(13)24-20-8/h2-3,6-7,9H,4-5H2,1H3,(H,18,21)(H,19,22). The molecular weight excluding hydrogens is 312 g/mol. The van der Waals surface area contributed by atoms with Gasteiger partial charge in [-0.1, -0.05) is 5.16 Å². The van der Waals surface area contributed by atoms with Crippen LogP contribution in [0.25, 0.3) is 22.6 Å². The van der Waals surface area contributed by atoms with Crippen LogP contribution in [-0.4, -0.2) is 22.0 Å². The number of amides is 2. The molecule has 24 heavy (non-hydrogen) atoms. The van der Waals surface area contributed by atoms with Crippen molar-refractivity contribution in [2.75, 3.05) is 0 Å². The largest absolute Gasteiger partial charge is 0.463 e. The molecule has 0 bridgehead atoms. The molecule has 1 aliphatic rings. The normalized spacial score (nSPS) is 13.9. The molecule has 1 saturated carbocycles. The summed E-state index contributed by atoms with van der Waals surface area (Å²) in [5.41, 5.74) is 6.41. The Labute approximate surface area is 136 Å². The Morgan fingerprint density at radius 2 is 2.12 bits per heavy atom. The molecule has 8 heteroatoms. The number of hydrogen-bond donors (Lipinski definition) is 2. The third-order valence-electron chi connectivity index (χ3n) is 3.88. The van der Waals surface area contributed by atoms with Gasteiger partial charge in [0.15, 0.2) is 5.76 Å². The predicted molar refractivity (Wildman–Crippen MR) is 82.6 cm³/mol. The second-order valence-electron chi connectivity index (χ2n) is 5.70. The molecule has 4 rings (SSSR count). The number of aryl methyl sites for hydroxylation is 1. The van der Waals surface area contributed by atoms with Crippen molar-refractivity contribution < 1.29 is 18.5 Å². The van der Waals surface area contributed by atoms with Crippen LogP contribution in [0.4, 0.5) is 0 Å². The Kier molecular flexibility index (Phi) is 3.30. The van der Waals surface area contributed by atoms with Crippen LogP contribution in [0.2, 0.25) is 0 Å². The number of hydrazine groups is 1. The summed E-state index contributed by atoms with van der Waals surface area (Å²) < 4.78 is 10.5. The maximum Gasteiger partial charge on any atom is 0.270 e. The molecule has 1 aliphatic carbocycles. The molecule has 8 nitrogen and oxygen atoms in total. The molecule has 0 saturated heterocycles. The molecule has 3 aromatic rings. The first kappa shape index (κ1) is 14.4. The molecule has 0 atom stereocenters. The highest BCUT2D eigenvalue weighted by atomic mass is 16.5. The zero-order chi connectivity index (χ0) is 16.7. The smallest absolute Gasteiger partial charge is 0.270 e. The van der Waals surface area contributed by atoms with Gasteiger partial charge in [-0.25, -0.2) is 4.98 Å². The Balaban J connectivity index is 1.70. The number of carbonyl (C=O) groups excluding carboxylic acids is 2. The van der Waals surface area contributed by atoms with Crippen LogP contribution >= 0.6 is 0 Å². The Hall–Kier alpha value is -3.16. The van der Waals surface area contributed by atoms with Gasteiger partial charge in [-0.3, -0.25) is 20.4 Å². The van der Waals surface area contributed by atoms with Gasteiger partial charge in [0.05, 0.1) is 22.9 Å². The van der Waals surface area contributed by atoms with Crippen molar-refractivity contribution in [2.45, 2.75) is 19.8 Å². The SMILES string of the molecule is Cc1noc2nc(-c3ccco3)cc(C(=O)NNC(=O)C3CC3)c12. The molecule has 3 aromatic heterocycles. The first-order chi connectivity index (χ1) is 11.6. The lowest BCUT2D eigenvalue weighted by atomic mass is 10.1. The van der Waals surface area contributed by atoms with E-state index in [9.17, 15) is 9.59 Å². The monoisotopic (exact) mass is 326 g/mol. The Bertz CT molecular complexity index is 925. The van der Waals surface area contributed by atoms with Gasteiger partial charge < -0.3 is 8.94 Å². The number of fused-ring (bicyclic) bond motifs is 1. The fourth-order valence-corrected chi connectivity index (χ4v) is 2.46. The minimum absolute atomic E-state index is 0.00114. The highest BCUT2D eigenvalue weighted by Gasteiger charge is 2.30. The maximum atomic E-state index is 12.5. The van der Waals surface area contributed by atoms with Crippen LogP contribution in [-0.2, 0) is 4.79 Å². The lowest BCUT2D eigenvalue weighted by Gasteiger charge is -2.08. The summed E-state index contributed by atoms with van der Waals surface area (Å²) >= 11 is 0. The number of nitrogens with one attached hydrogen (secondary N) is 2. The number of hydrogen-bond acceptors (Lipinski definition) is 6. The molecule has 3 heterocycles. The molecule has 2 amide bonds. The van der Waals surface area contributed by atoms with Gasteiger partial charge in [0.25, 0.3) is 11.6 Å². The van der Waals surface area contributed by atoms with Crippen molar-refractivity contribution >= 4 is 22.9 Å². The summed E-state index contributed by atoms with van der Waals surface area (Å²) in [6.45, 7) is 1.72. The lowest BCUT2D eigenvalue weighted by Crippen LogP contribution is -2.42. The highest BCUT2D eigenvalue weighted by Crippen LogP contribution is 2.29. The van der Waals surface area contributed by atoms with Crippen LogP contribution in [0.3, 0.4) is 0 Å². The van der Waals surface area contributed by atoms with E-state index in [0.29, 0.717) is 28.1 Å². The summed E-state index contributed by atoms with van der Waals surface area (Å²) in [7, 11) is 0. The number of nitrogens with zero attached hydrogens (tertiary/aromatic N) is 2. The molecule has 1 fully saturated rings. The number of furan rings is 1. The number of carbonyl (C=O) groups is 2. The van der Waals surface area contributed by atoms with Gasteiger partial charge in [-0.15, -0.1) is 0 Å². The summed E-state index contributed by atoms with van der Waals surface area (Å²) in [4.78, 5) is 28.5. The number of pyridine rings is 1. The molecular formula is C16H14N4O4. The number of rotatable bonds is 3. The van der Waals surface area contributed by atoms with Crippen LogP contribution in [0, 0.1) is 12.8 Å². The van der Waals surface area contributed by atoms with Crippen molar-refractivity contribution in [3.8, 4) is 11.5 Å². The second kappa shape index (κ2) is 5.48. The van der Waals surface area contributed by atoms with Gasteiger partial charge in [0.2, 0.25) is 5.91 Å². The zero-order valence-electron chi connectivity index (χ0n) is 12.8. The summed E-state index contributed by atoms with van der Waals surface area (Å²) in [5.74, 6) is -0.141. The molecule has 122 valence electrons. The van der Waals surface area contributed by atoms with Crippen LogP contribution in [0.5, 0.6) is 0 Å². The second-order valence-corrected chi connectivity index (χ2v) is 5.70.